The Morgan fingerprint density at radius 1 is 1.28 bits per heavy atom. The van der Waals surface area contributed by atoms with Crippen molar-refractivity contribution in [3.05, 3.63) is 35.3 Å². The summed E-state index contributed by atoms with van der Waals surface area (Å²) in [6, 6.07) is 7.62. The third kappa shape index (κ3) is 6.39. The Bertz CT molecular complexity index is 731. The van der Waals surface area contributed by atoms with E-state index in [1.807, 2.05) is 44.4 Å². The molecule has 0 saturated heterocycles. The molecule has 6 nitrogen and oxygen atoms in total. The summed E-state index contributed by atoms with van der Waals surface area (Å²) in [5, 5.41) is 7.62. The molecule has 8 heteroatoms. The van der Waals surface area contributed by atoms with Crippen LogP contribution in [-0.2, 0) is 16.0 Å². The molecule has 0 radical (unpaired) electrons. The van der Waals surface area contributed by atoms with E-state index in [0.717, 1.165) is 10.6 Å². The third-order valence-electron chi connectivity index (χ3n) is 3.03. The van der Waals surface area contributed by atoms with Crippen LogP contribution in [0.4, 0.5) is 15.6 Å². The van der Waals surface area contributed by atoms with Gasteiger partial charge in [0.05, 0.1) is 24.4 Å². The molecule has 2 N–H and O–H groups in total. The number of amides is 2. The van der Waals surface area contributed by atoms with Crippen LogP contribution in [0.5, 0.6) is 0 Å². The number of hydrogen-bond acceptors (Lipinski definition) is 6. The molecular formula is C17H21N3O3S2. The normalized spacial score (nSPS) is 10.6. The summed E-state index contributed by atoms with van der Waals surface area (Å²) in [6.07, 6.45) is 1.57. The van der Waals surface area contributed by atoms with Gasteiger partial charge in [-0.3, -0.25) is 10.1 Å². The molecule has 0 spiro atoms. The van der Waals surface area contributed by atoms with E-state index in [4.69, 9.17) is 4.74 Å². The highest BCUT2D eigenvalue weighted by Gasteiger charge is 2.12. The maximum Gasteiger partial charge on any atom is 0.413 e. The predicted molar refractivity (Wildman–Crippen MR) is 102 cm³/mol. The maximum atomic E-state index is 12.2. The molecule has 0 aliphatic rings. The summed E-state index contributed by atoms with van der Waals surface area (Å²) in [4.78, 5) is 29.0. The average molecular weight is 380 g/mol. The van der Waals surface area contributed by atoms with E-state index in [-0.39, 0.29) is 18.2 Å². The summed E-state index contributed by atoms with van der Waals surface area (Å²) >= 11 is 2.83. The number of ether oxygens (including phenoxy) is 1. The van der Waals surface area contributed by atoms with Gasteiger partial charge in [0, 0.05) is 10.3 Å². The van der Waals surface area contributed by atoms with Crippen LogP contribution in [-0.4, -0.2) is 29.8 Å². The second kappa shape index (κ2) is 9.43. The number of rotatable bonds is 7. The molecule has 0 saturated carbocycles. The monoisotopic (exact) mass is 379 g/mol. The first-order chi connectivity index (χ1) is 12.0. The zero-order valence-electron chi connectivity index (χ0n) is 14.4. The summed E-state index contributed by atoms with van der Waals surface area (Å²) < 4.78 is 5.04. The van der Waals surface area contributed by atoms with E-state index in [0.29, 0.717) is 17.4 Å². The van der Waals surface area contributed by atoms with Gasteiger partial charge in [0.25, 0.3) is 0 Å². The van der Waals surface area contributed by atoms with E-state index in [1.165, 1.54) is 11.3 Å². The smallest absolute Gasteiger partial charge is 0.413 e. The van der Waals surface area contributed by atoms with Gasteiger partial charge in [-0.2, -0.15) is 0 Å². The molecule has 1 heterocycles. The number of carbonyl (C=O) groups excluding carboxylic acids is 2. The lowest BCUT2D eigenvalue weighted by Crippen LogP contribution is -2.17. The Hall–Kier alpha value is -2.06. The number of anilines is 2. The minimum atomic E-state index is -0.534. The van der Waals surface area contributed by atoms with Crippen molar-refractivity contribution in [2.45, 2.75) is 25.2 Å². The standard InChI is InChI=1S/C17H21N3O3S2/c1-11(2)9-23-17(22)20-16-18-12(10-25-16)8-15(21)19-13-6-4-5-7-14(13)24-3/h4-7,10-11H,8-9H2,1-3H3,(H,19,21)(H,18,20,22). The molecular weight excluding hydrogens is 358 g/mol. The van der Waals surface area contributed by atoms with E-state index < -0.39 is 6.09 Å². The summed E-state index contributed by atoms with van der Waals surface area (Å²) in [6.45, 7) is 4.27. The number of nitrogens with zero attached hydrogens (tertiary/aromatic N) is 1. The van der Waals surface area contributed by atoms with Crippen molar-refractivity contribution in [3.8, 4) is 0 Å². The van der Waals surface area contributed by atoms with E-state index in [2.05, 4.69) is 15.6 Å². The second-order valence-corrected chi connectivity index (χ2v) is 7.39. The largest absolute Gasteiger partial charge is 0.449 e. The Kier molecular flexibility index (Phi) is 7.27. The minimum Gasteiger partial charge on any atom is -0.449 e. The molecule has 0 atom stereocenters. The molecule has 2 rings (SSSR count). The highest BCUT2D eigenvalue weighted by Crippen LogP contribution is 2.25. The zero-order chi connectivity index (χ0) is 18.2. The fourth-order valence-electron chi connectivity index (χ4n) is 1.92. The van der Waals surface area contributed by atoms with Crippen LogP contribution in [0.15, 0.2) is 34.5 Å². The Morgan fingerprint density at radius 2 is 2.04 bits per heavy atom. The van der Waals surface area contributed by atoms with Crippen LogP contribution >= 0.6 is 23.1 Å². The lowest BCUT2D eigenvalue weighted by molar-refractivity contribution is -0.115. The van der Waals surface area contributed by atoms with Crippen LogP contribution in [0.1, 0.15) is 19.5 Å². The summed E-state index contributed by atoms with van der Waals surface area (Å²) in [5.41, 5.74) is 1.38. The van der Waals surface area contributed by atoms with Gasteiger partial charge in [-0.15, -0.1) is 23.1 Å². The highest BCUT2D eigenvalue weighted by atomic mass is 32.2. The number of thiazole rings is 1. The second-order valence-electron chi connectivity index (χ2n) is 5.69. The van der Waals surface area contributed by atoms with Crippen LogP contribution in [0.25, 0.3) is 0 Å². The van der Waals surface area contributed by atoms with Crippen LogP contribution < -0.4 is 10.6 Å². The predicted octanol–water partition coefficient (Wildman–Crippen LogP) is 4.25. The van der Waals surface area contributed by atoms with Gasteiger partial charge in [-0.1, -0.05) is 26.0 Å². The van der Waals surface area contributed by atoms with Gasteiger partial charge in [-0.05, 0) is 24.3 Å². The molecule has 0 fully saturated rings. The van der Waals surface area contributed by atoms with Crippen molar-refractivity contribution in [3.63, 3.8) is 0 Å². The quantitative estimate of drug-likeness (QED) is 0.703. The van der Waals surface area contributed by atoms with E-state index >= 15 is 0 Å². The molecule has 1 aromatic carbocycles. The number of hydrogen-bond donors (Lipinski definition) is 2. The molecule has 1 aromatic heterocycles. The highest BCUT2D eigenvalue weighted by molar-refractivity contribution is 7.98. The molecule has 2 aromatic rings. The molecule has 2 amide bonds. The first-order valence-corrected chi connectivity index (χ1v) is 9.89. The molecule has 134 valence electrons. The lowest BCUT2D eigenvalue weighted by atomic mass is 10.2. The van der Waals surface area contributed by atoms with Crippen molar-refractivity contribution in [1.82, 2.24) is 4.98 Å². The van der Waals surface area contributed by atoms with Crippen LogP contribution in [0, 0.1) is 5.92 Å². The van der Waals surface area contributed by atoms with Gasteiger partial charge in [0.15, 0.2) is 5.13 Å². The Balaban J connectivity index is 1.88. The van der Waals surface area contributed by atoms with Crippen molar-refractivity contribution >= 4 is 45.9 Å². The van der Waals surface area contributed by atoms with E-state index in [9.17, 15) is 9.59 Å². The van der Waals surface area contributed by atoms with E-state index in [1.54, 1.807) is 17.1 Å². The Labute approximate surface area is 155 Å². The number of nitrogens with one attached hydrogen (secondary N) is 2. The SMILES string of the molecule is CSc1ccccc1NC(=O)Cc1csc(NC(=O)OCC(C)C)n1. The van der Waals surface area contributed by atoms with Gasteiger partial charge in [0.1, 0.15) is 0 Å². The average Bonchev–Trinajstić information content (AvgIpc) is 3.00. The number of benzene rings is 1. The summed E-state index contributed by atoms with van der Waals surface area (Å²) in [7, 11) is 0. The number of thioether (sulfide) groups is 1. The van der Waals surface area contributed by atoms with Gasteiger partial charge in [-0.25, -0.2) is 9.78 Å². The fraction of sp³-hybridized carbons (Fsp3) is 0.353. The van der Waals surface area contributed by atoms with Gasteiger partial charge < -0.3 is 10.1 Å². The molecule has 0 aliphatic carbocycles. The first-order valence-electron chi connectivity index (χ1n) is 7.79. The summed E-state index contributed by atoms with van der Waals surface area (Å²) in [5.74, 6) is 0.117. The van der Waals surface area contributed by atoms with Crippen molar-refractivity contribution in [1.29, 1.82) is 0 Å². The number of carbonyl (C=O) groups is 2. The van der Waals surface area contributed by atoms with Gasteiger partial charge >= 0.3 is 6.09 Å². The van der Waals surface area contributed by atoms with Crippen LogP contribution in [0.2, 0.25) is 0 Å². The fourth-order valence-corrected chi connectivity index (χ4v) is 3.17. The molecule has 0 bridgehead atoms. The van der Waals surface area contributed by atoms with Crippen molar-refractivity contribution in [2.24, 2.45) is 5.92 Å². The lowest BCUT2D eigenvalue weighted by Gasteiger charge is -2.08. The van der Waals surface area contributed by atoms with Crippen molar-refractivity contribution < 1.29 is 14.3 Å². The molecule has 0 unspecified atom stereocenters. The zero-order valence-corrected chi connectivity index (χ0v) is 16.0. The minimum absolute atomic E-state index is 0.141. The van der Waals surface area contributed by atoms with Crippen molar-refractivity contribution in [2.75, 3.05) is 23.5 Å². The van der Waals surface area contributed by atoms with Gasteiger partial charge in [0.2, 0.25) is 5.91 Å². The molecule has 25 heavy (non-hydrogen) atoms. The first kappa shape index (κ1) is 19.3. The topological polar surface area (TPSA) is 80.3 Å². The number of para-hydroxylation sites is 1. The van der Waals surface area contributed by atoms with Crippen LogP contribution in [0.3, 0.4) is 0 Å². The molecule has 0 aliphatic heterocycles. The third-order valence-corrected chi connectivity index (χ3v) is 4.63. The maximum absolute atomic E-state index is 12.2. The number of aromatic nitrogens is 1. The Morgan fingerprint density at radius 3 is 2.76 bits per heavy atom.